The number of halogens is 2. The predicted molar refractivity (Wildman–Crippen MR) is 145 cm³/mol. The van der Waals surface area contributed by atoms with Crippen LogP contribution in [0.3, 0.4) is 0 Å². The second-order valence-corrected chi connectivity index (χ2v) is 9.17. The maximum Gasteiger partial charge on any atom is 0.255 e. The number of allylic oxidation sites excluding steroid dienone is 1. The van der Waals surface area contributed by atoms with Gasteiger partial charge >= 0.3 is 0 Å². The first-order valence-corrected chi connectivity index (χ1v) is 12.1. The zero-order chi connectivity index (χ0) is 26.1. The minimum Gasteiger partial charge on any atom is -0.497 e. The smallest absolute Gasteiger partial charge is 0.255 e. The van der Waals surface area contributed by atoms with E-state index in [0.29, 0.717) is 55.8 Å². The van der Waals surface area contributed by atoms with Gasteiger partial charge in [-0.2, -0.15) is 4.98 Å². The molecule has 0 aliphatic carbocycles. The maximum absolute atomic E-state index is 13.7. The number of nitrogens with one attached hydrogen (secondary N) is 2. The number of fused-ring (bicyclic) bond motifs is 1. The van der Waals surface area contributed by atoms with Crippen LogP contribution in [0.15, 0.2) is 78.0 Å². The number of hydrogen-bond acceptors (Lipinski definition) is 6. The lowest BCUT2D eigenvalue weighted by molar-refractivity contribution is -0.113. The van der Waals surface area contributed by atoms with Crippen molar-refractivity contribution in [3.8, 4) is 22.9 Å². The Balaban J connectivity index is 1.61. The van der Waals surface area contributed by atoms with Gasteiger partial charge in [0.15, 0.2) is 5.82 Å². The minimum atomic E-state index is -0.579. The van der Waals surface area contributed by atoms with Gasteiger partial charge in [-0.05, 0) is 55.0 Å². The van der Waals surface area contributed by atoms with E-state index in [4.69, 9.17) is 37.8 Å². The van der Waals surface area contributed by atoms with Crippen LogP contribution < -0.4 is 20.1 Å². The summed E-state index contributed by atoms with van der Waals surface area (Å²) in [6.07, 6.45) is 0. The Morgan fingerprint density at radius 1 is 1.03 bits per heavy atom. The number of hydrogen-bond donors (Lipinski definition) is 2. The lowest BCUT2D eigenvalue weighted by Crippen LogP contribution is -2.31. The van der Waals surface area contributed by atoms with Crippen molar-refractivity contribution in [1.29, 1.82) is 0 Å². The summed E-state index contributed by atoms with van der Waals surface area (Å²) in [7, 11) is 3.16. The topological polar surface area (TPSA) is 90.3 Å². The summed E-state index contributed by atoms with van der Waals surface area (Å²) >= 11 is 12.5. The molecule has 1 aromatic heterocycles. The summed E-state index contributed by atoms with van der Waals surface area (Å²) in [5.74, 6) is 1.84. The molecule has 37 heavy (non-hydrogen) atoms. The van der Waals surface area contributed by atoms with Gasteiger partial charge in [0.1, 0.15) is 17.5 Å². The normalized spacial score (nSPS) is 14.6. The van der Waals surface area contributed by atoms with Crippen molar-refractivity contribution >= 4 is 40.7 Å². The largest absolute Gasteiger partial charge is 0.497 e. The molecule has 2 N–H and O–H groups in total. The molecule has 1 amide bonds. The van der Waals surface area contributed by atoms with E-state index < -0.39 is 6.04 Å². The van der Waals surface area contributed by atoms with Crippen molar-refractivity contribution < 1.29 is 14.3 Å². The van der Waals surface area contributed by atoms with Crippen molar-refractivity contribution in [2.45, 2.75) is 13.0 Å². The molecule has 0 radical (unpaired) electrons. The molecule has 2 heterocycles. The molecule has 0 saturated carbocycles. The van der Waals surface area contributed by atoms with E-state index in [2.05, 4.69) is 15.6 Å². The highest BCUT2D eigenvalue weighted by atomic mass is 35.5. The highest BCUT2D eigenvalue weighted by Gasteiger charge is 2.35. The third kappa shape index (κ3) is 4.73. The highest BCUT2D eigenvalue weighted by Crippen LogP contribution is 2.39. The highest BCUT2D eigenvalue weighted by molar-refractivity contribution is 6.36. The quantitative estimate of drug-likeness (QED) is 0.305. The monoisotopic (exact) mass is 535 g/mol. The molecular weight excluding hydrogens is 513 g/mol. The molecule has 0 saturated heterocycles. The minimum absolute atomic E-state index is 0.303. The zero-order valence-electron chi connectivity index (χ0n) is 20.3. The summed E-state index contributed by atoms with van der Waals surface area (Å²) in [5.41, 5.74) is 3.12. The molecule has 0 bridgehead atoms. The van der Waals surface area contributed by atoms with Crippen LogP contribution in [-0.2, 0) is 4.79 Å². The number of rotatable bonds is 6. The van der Waals surface area contributed by atoms with Crippen molar-refractivity contribution in [3.63, 3.8) is 0 Å². The fourth-order valence-corrected chi connectivity index (χ4v) is 4.75. The van der Waals surface area contributed by atoms with Gasteiger partial charge in [-0.25, -0.2) is 4.68 Å². The Hall–Kier alpha value is -4.01. The molecule has 5 rings (SSSR count). The SMILES string of the molecule is COc1ccc(C2C(C(=O)Nc3ccccc3OC)=C(C)Nc3nc(-c4ccc(Cl)cc4Cl)nn32)cc1. The van der Waals surface area contributed by atoms with Gasteiger partial charge in [0.05, 0.1) is 30.5 Å². The fourth-order valence-electron chi connectivity index (χ4n) is 4.26. The van der Waals surface area contributed by atoms with E-state index in [0.717, 1.165) is 5.56 Å². The van der Waals surface area contributed by atoms with E-state index in [1.165, 1.54) is 0 Å². The molecule has 8 nitrogen and oxygen atoms in total. The number of carbonyl (C=O) groups excluding carboxylic acids is 1. The van der Waals surface area contributed by atoms with E-state index in [-0.39, 0.29) is 5.91 Å². The third-order valence-corrected chi connectivity index (χ3v) is 6.60. The van der Waals surface area contributed by atoms with Gasteiger partial charge < -0.3 is 20.1 Å². The van der Waals surface area contributed by atoms with Gasteiger partial charge in [0.2, 0.25) is 5.95 Å². The Morgan fingerprint density at radius 2 is 1.78 bits per heavy atom. The molecule has 10 heteroatoms. The summed E-state index contributed by atoms with van der Waals surface area (Å²) in [4.78, 5) is 18.4. The average Bonchev–Trinajstić information content (AvgIpc) is 3.31. The van der Waals surface area contributed by atoms with E-state index in [1.807, 2.05) is 43.3 Å². The molecule has 0 fully saturated rings. The van der Waals surface area contributed by atoms with Gasteiger partial charge in [-0.3, -0.25) is 4.79 Å². The summed E-state index contributed by atoms with van der Waals surface area (Å²) < 4.78 is 12.4. The van der Waals surface area contributed by atoms with Crippen molar-refractivity contribution in [2.75, 3.05) is 24.9 Å². The first-order chi connectivity index (χ1) is 17.9. The first kappa shape index (κ1) is 24.7. The molecule has 1 aliphatic heterocycles. The summed E-state index contributed by atoms with van der Waals surface area (Å²) in [5, 5.41) is 11.9. The molecule has 0 spiro atoms. The lowest BCUT2D eigenvalue weighted by atomic mass is 9.95. The predicted octanol–water partition coefficient (Wildman–Crippen LogP) is 6.20. The number of methoxy groups -OCH3 is 2. The molecule has 1 aliphatic rings. The molecule has 188 valence electrons. The molecule has 1 atom stereocenters. The summed E-state index contributed by atoms with van der Waals surface area (Å²) in [6, 6.07) is 19.3. The number of ether oxygens (including phenoxy) is 2. The van der Waals surface area contributed by atoms with Gasteiger partial charge in [-0.15, -0.1) is 5.10 Å². The van der Waals surface area contributed by atoms with Crippen LogP contribution in [0.5, 0.6) is 11.5 Å². The Kier molecular flexibility index (Phi) is 6.78. The third-order valence-electron chi connectivity index (χ3n) is 6.06. The van der Waals surface area contributed by atoms with E-state index >= 15 is 0 Å². The maximum atomic E-state index is 13.7. The van der Waals surface area contributed by atoms with Crippen LogP contribution in [-0.4, -0.2) is 34.9 Å². The number of para-hydroxylation sites is 2. The second kappa shape index (κ2) is 10.2. The van der Waals surface area contributed by atoms with Crippen LogP contribution >= 0.6 is 23.2 Å². The average molecular weight is 536 g/mol. The van der Waals surface area contributed by atoms with E-state index in [9.17, 15) is 4.79 Å². The second-order valence-electron chi connectivity index (χ2n) is 8.32. The van der Waals surface area contributed by atoms with Crippen LogP contribution in [0.25, 0.3) is 11.4 Å². The van der Waals surface area contributed by atoms with Crippen LogP contribution in [0.2, 0.25) is 10.0 Å². The van der Waals surface area contributed by atoms with Crippen LogP contribution in [0, 0.1) is 0 Å². The standard InChI is InChI=1S/C27H23Cl2N5O3/c1-15-23(26(35)31-21-6-4-5-7-22(21)37-3)24(16-8-11-18(36-2)12-9-16)34-27(30-15)32-25(33-34)19-13-10-17(28)14-20(19)29/h4-14,24H,1-3H3,(H,31,35)(H,30,32,33). The molecular formula is C27H23Cl2N5O3. The van der Waals surface area contributed by atoms with E-state index in [1.54, 1.807) is 49.2 Å². The zero-order valence-corrected chi connectivity index (χ0v) is 21.8. The number of nitrogens with zero attached hydrogens (tertiary/aromatic N) is 3. The Labute approximate surface area is 223 Å². The lowest BCUT2D eigenvalue weighted by Gasteiger charge is -2.29. The van der Waals surface area contributed by atoms with Crippen molar-refractivity contribution in [3.05, 3.63) is 93.6 Å². The number of aromatic nitrogens is 3. The number of amides is 1. The molecule has 3 aromatic carbocycles. The van der Waals surface area contributed by atoms with Gasteiger partial charge in [0, 0.05) is 16.3 Å². The Bertz CT molecular complexity index is 1510. The van der Waals surface area contributed by atoms with Crippen LogP contribution in [0.4, 0.5) is 11.6 Å². The van der Waals surface area contributed by atoms with Crippen molar-refractivity contribution in [1.82, 2.24) is 14.8 Å². The fraction of sp³-hybridized carbons (Fsp3) is 0.148. The number of carbonyl (C=O) groups is 1. The summed E-state index contributed by atoms with van der Waals surface area (Å²) in [6.45, 7) is 1.83. The van der Waals surface area contributed by atoms with Crippen LogP contribution in [0.1, 0.15) is 18.5 Å². The van der Waals surface area contributed by atoms with Gasteiger partial charge in [-0.1, -0.05) is 47.5 Å². The first-order valence-electron chi connectivity index (χ1n) is 11.4. The number of anilines is 2. The van der Waals surface area contributed by atoms with Gasteiger partial charge in [0.25, 0.3) is 5.91 Å². The Morgan fingerprint density at radius 3 is 2.49 bits per heavy atom. The molecule has 1 unspecified atom stereocenters. The number of benzene rings is 3. The van der Waals surface area contributed by atoms with Crippen molar-refractivity contribution in [2.24, 2.45) is 0 Å². The molecule has 4 aromatic rings.